The first-order valence-electron chi connectivity index (χ1n) is 5.05. The summed E-state index contributed by atoms with van der Waals surface area (Å²) in [5.41, 5.74) is 2.02. The van der Waals surface area contributed by atoms with Gasteiger partial charge in [0.1, 0.15) is 5.75 Å². The maximum absolute atomic E-state index is 11.1. The van der Waals surface area contributed by atoms with Crippen molar-refractivity contribution in [3.63, 3.8) is 0 Å². The number of carbonyl (C=O) groups excluding carboxylic acids is 1. The van der Waals surface area contributed by atoms with Crippen LogP contribution in [0.2, 0.25) is 5.02 Å². The molecule has 1 aromatic rings. The summed E-state index contributed by atoms with van der Waals surface area (Å²) in [6, 6.07) is 3.72. The van der Waals surface area contributed by atoms with Crippen LogP contribution >= 0.6 is 11.6 Å². The first-order valence-corrected chi connectivity index (χ1v) is 5.43. The van der Waals surface area contributed by atoms with E-state index in [0.29, 0.717) is 18.2 Å². The van der Waals surface area contributed by atoms with Gasteiger partial charge in [0.2, 0.25) is 5.91 Å². The Morgan fingerprint density at radius 1 is 1.62 bits per heavy atom. The fourth-order valence-electron chi connectivity index (χ4n) is 1.73. The minimum absolute atomic E-state index is 0.202. The van der Waals surface area contributed by atoms with E-state index in [2.05, 4.69) is 11.9 Å². The van der Waals surface area contributed by atoms with Crippen molar-refractivity contribution in [1.82, 2.24) is 5.32 Å². The van der Waals surface area contributed by atoms with E-state index >= 15 is 0 Å². The van der Waals surface area contributed by atoms with Crippen molar-refractivity contribution in [2.24, 2.45) is 0 Å². The predicted octanol–water partition coefficient (Wildman–Crippen LogP) is 2.08. The maximum atomic E-state index is 11.1. The van der Waals surface area contributed by atoms with E-state index in [1.54, 1.807) is 0 Å². The van der Waals surface area contributed by atoms with Crippen LogP contribution in [0.5, 0.6) is 5.75 Å². The molecule has 0 radical (unpaired) electrons. The molecule has 1 aliphatic heterocycles. The van der Waals surface area contributed by atoms with Crippen molar-refractivity contribution >= 4 is 17.5 Å². The molecule has 1 amide bonds. The first-order chi connectivity index (χ1) is 7.70. The smallest absolute Gasteiger partial charge is 0.243 e. The molecule has 0 atom stereocenters. The molecule has 4 heteroatoms. The molecule has 2 rings (SSSR count). The Morgan fingerprint density at radius 3 is 3.19 bits per heavy atom. The van der Waals surface area contributed by atoms with Gasteiger partial charge in [-0.25, -0.2) is 0 Å². The number of amides is 1. The minimum atomic E-state index is -0.202. The number of carbonyl (C=O) groups is 1. The lowest BCUT2D eigenvalue weighted by Gasteiger charge is -2.09. The Kier molecular flexibility index (Phi) is 3.15. The van der Waals surface area contributed by atoms with Gasteiger partial charge in [-0.2, -0.15) is 0 Å². The molecule has 0 bridgehead atoms. The maximum Gasteiger partial charge on any atom is 0.243 e. The third kappa shape index (κ3) is 2.19. The molecule has 1 heterocycles. The number of rotatable bonds is 3. The van der Waals surface area contributed by atoms with E-state index in [0.717, 1.165) is 23.3 Å². The average Bonchev–Trinajstić information content (AvgIpc) is 2.73. The largest absolute Gasteiger partial charge is 0.493 e. The zero-order valence-electron chi connectivity index (χ0n) is 8.75. The number of hydrogen-bond donors (Lipinski definition) is 1. The van der Waals surface area contributed by atoms with Crippen molar-refractivity contribution < 1.29 is 9.53 Å². The molecule has 84 valence electrons. The fourth-order valence-corrected chi connectivity index (χ4v) is 2.00. The molecule has 0 unspecified atom stereocenters. The second kappa shape index (κ2) is 4.58. The molecule has 1 aliphatic rings. The molecular formula is C12H12ClNO2. The van der Waals surface area contributed by atoms with Gasteiger partial charge >= 0.3 is 0 Å². The number of halogens is 1. The standard InChI is InChI=1S/C12H12ClNO2/c1-2-11(15)14-7-9-6-10(13)5-8-3-4-16-12(8)9/h2,5-6H,1,3-4,7H2,(H,14,15). The molecule has 0 spiro atoms. The Morgan fingerprint density at radius 2 is 2.44 bits per heavy atom. The second-order valence-corrected chi connectivity index (χ2v) is 4.01. The molecule has 1 N–H and O–H groups in total. The van der Waals surface area contributed by atoms with Gasteiger partial charge in [0.15, 0.2) is 0 Å². The van der Waals surface area contributed by atoms with Gasteiger partial charge in [-0.3, -0.25) is 4.79 Å². The monoisotopic (exact) mass is 237 g/mol. The predicted molar refractivity (Wildman–Crippen MR) is 62.7 cm³/mol. The molecule has 16 heavy (non-hydrogen) atoms. The zero-order valence-corrected chi connectivity index (χ0v) is 9.51. The van der Waals surface area contributed by atoms with E-state index in [9.17, 15) is 4.79 Å². The van der Waals surface area contributed by atoms with Crippen LogP contribution in [0.4, 0.5) is 0 Å². The van der Waals surface area contributed by atoms with Gasteiger partial charge < -0.3 is 10.1 Å². The highest BCUT2D eigenvalue weighted by Gasteiger charge is 2.17. The summed E-state index contributed by atoms with van der Waals surface area (Å²) < 4.78 is 5.51. The number of benzene rings is 1. The van der Waals surface area contributed by atoms with E-state index in [1.165, 1.54) is 6.08 Å². The van der Waals surface area contributed by atoms with Gasteiger partial charge in [-0.15, -0.1) is 0 Å². The van der Waals surface area contributed by atoms with Crippen LogP contribution in [-0.4, -0.2) is 12.5 Å². The highest BCUT2D eigenvalue weighted by atomic mass is 35.5. The summed E-state index contributed by atoms with van der Waals surface area (Å²) in [5, 5.41) is 3.38. The van der Waals surface area contributed by atoms with Gasteiger partial charge in [0, 0.05) is 23.6 Å². The highest BCUT2D eigenvalue weighted by molar-refractivity contribution is 6.30. The number of hydrogen-bond acceptors (Lipinski definition) is 2. The van der Waals surface area contributed by atoms with Crippen molar-refractivity contribution in [1.29, 1.82) is 0 Å². The molecule has 0 fully saturated rings. The van der Waals surface area contributed by atoms with Crippen LogP contribution in [0.1, 0.15) is 11.1 Å². The third-order valence-corrected chi connectivity index (χ3v) is 2.68. The normalized spacial score (nSPS) is 12.8. The molecule has 0 aliphatic carbocycles. The molecular weight excluding hydrogens is 226 g/mol. The van der Waals surface area contributed by atoms with E-state index in [-0.39, 0.29) is 5.91 Å². The SMILES string of the molecule is C=CC(=O)NCc1cc(Cl)cc2c1OCC2. The molecule has 3 nitrogen and oxygen atoms in total. The van der Waals surface area contributed by atoms with Gasteiger partial charge in [0.25, 0.3) is 0 Å². The van der Waals surface area contributed by atoms with Crippen LogP contribution in [0.25, 0.3) is 0 Å². The van der Waals surface area contributed by atoms with Crippen LogP contribution in [0.3, 0.4) is 0 Å². The molecule has 0 aromatic heterocycles. The summed E-state index contributed by atoms with van der Waals surface area (Å²) in [6.45, 7) is 4.48. The average molecular weight is 238 g/mol. The summed E-state index contributed by atoms with van der Waals surface area (Å²) in [5.74, 6) is 0.653. The van der Waals surface area contributed by atoms with E-state index in [4.69, 9.17) is 16.3 Å². The van der Waals surface area contributed by atoms with Gasteiger partial charge in [-0.05, 0) is 23.8 Å². The topological polar surface area (TPSA) is 38.3 Å². The first kappa shape index (κ1) is 11.0. The molecule has 0 saturated carbocycles. The van der Waals surface area contributed by atoms with Crippen LogP contribution in [-0.2, 0) is 17.8 Å². The van der Waals surface area contributed by atoms with E-state index in [1.807, 2.05) is 12.1 Å². The summed E-state index contributed by atoms with van der Waals surface area (Å²) in [6.07, 6.45) is 2.12. The Hall–Kier alpha value is -1.48. The lowest BCUT2D eigenvalue weighted by molar-refractivity contribution is -0.116. The van der Waals surface area contributed by atoms with Gasteiger partial charge in [-0.1, -0.05) is 18.2 Å². The van der Waals surface area contributed by atoms with Crippen molar-refractivity contribution in [2.75, 3.05) is 6.61 Å². The Balaban J connectivity index is 2.20. The van der Waals surface area contributed by atoms with E-state index < -0.39 is 0 Å². The van der Waals surface area contributed by atoms with Crippen LogP contribution in [0.15, 0.2) is 24.8 Å². The summed E-state index contributed by atoms with van der Waals surface area (Å²) in [4.78, 5) is 11.1. The quantitative estimate of drug-likeness (QED) is 0.818. The number of nitrogens with one attached hydrogen (secondary N) is 1. The highest BCUT2D eigenvalue weighted by Crippen LogP contribution is 2.32. The Bertz CT molecular complexity index is 443. The van der Waals surface area contributed by atoms with Gasteiger partial charge in [0.05, 0.1) is 6.61 Å². The fraction of sp³-hybridized carbons (Fsp3) is 0.250. The lowest BCUT2D eigenvalue weighted by atomic mass is 10.1. The van der Waals surface area contributed by atoms with Crippen molar-refractivity contribution in [2.45, 2.75) is 13.0 Å². The number of fused-ring (bicyclic) bond motifs is 1. The molecule has 1 aromatic carbocycles. The third-order valence-electron chi connectivity index (χ3n) is 2.46. The Labute approximate surface area is 99.1 Å². The summed E-state index contributed by atoms with van der Waals surface area (Å²) >= 11 is 5.99. The molecule has 0 saturated heterocycles. The second-order valence-electron chi connectivity index (χ2n) is 3.57. The van der Waals surface area contributed by atoms with Crippen LogP contribution < -0.4 is 10.1 Å². The van der Waals surface area contributed by atoms with Crippen molar-refractivity contribution in [3.05, 3.63) is 40.9 Å². The van der Waals surface area contributed by atoms with Crippen LogP contribution in [0, 0.1) is 0 Å². The summed E-state index contributed by atoms with van der Waals surface area (Å²) in [7, 11) is 0. The minimum Gasteiger partial charge on any atom is -0.493 e. The van der Waals surface area contributed by atoms with Crippen molar-refractivity contribution in [3.8, 4) is 5.75 Å². The lowest BCUT2D eigenvalue weighted by Crippen LogP contribution is -2.20. The number of ether oxygens (including phenoxy) is 1. The zero-order chi connectivity index (χ0) is 11.5.